The third-order valence-electron chi connectivity index (χ3n) is 3.77. The summed E-state index contributed by atoms with van der Waals surface area (Å²) in [6.45, 7) is 6.36. The number of hydrogen-bond donors (Lipinski definition) is 1. The van der Waals surface area contributed by atoms with Gasteiger partial charge in [0.2, 0.25) is 0 Å². The Morgan fingerprint density at radius 3 is 2.71 bits per heavy atom. The summed E-state index contributed by atoms with van der Waals surface area (Å²) in [5.41, 5.74) is 3.21. The lowest BCUT2D eigenvalue weighted by Crippen LogP contribution is -2.42. The summed E-state index contributed by atoms with van der Waals surface area (Å²) in [7, 11) is 1.50. The van der Waals surface area contributed by atoms with E-state index < -0.39 is 5.97 Å². The second-order valence-electron chi connectivity index (χ2n) is 6.42. The monoisotopic (exact) mass is 393 g/mol. The summed E-state index contributed by atoms with van der Waals surface area (Å²) in [6, 6.07) is 5.10. The second-order valence-corrected chi connectivity index (χ2v) is 6.42. The van der Waals surface area contributed by atoms with Crippen LogP contribution in [0.2, 0.25) is 0 Å². The van der Waals surface area contributed by atoms with Gasteiger partial charge in [0, 0.05) is 13.1 Å². The first-order chi connectivity index (χ1) is 13.5. The molecule has 0 radical (unpaired) electrons. The first-order valence-electron chi connectivity index (χ1n) is 9.10. The lowest BCUT2D eigenvalue weighted by Gasteiger charge is -2.25. The maximum absolute atomic E-state index is 11.9. The van der Waals surface area contributed by atoms with Gasteiger partial charge in [0.15, 0.2) is 18.1 Å². The quantitative estimate of drug-likeness (QED) is 0.377. The van der Waals surface area contributed by atoms with Gasteiger partial charge in [-0.15, -0.1) is 0 Å². The molecule has 0 aromatic heterocycles. The van der Waals surface area contributed by atoms with Crippen molar-refractivity contribution in [1.29, 1.82) is 0 Å². The highest BCUT2D eigenvalue weighted by Crippen LogP contribution is 2.27. The van der Waals surface area contributed by atoms with Crippen molar-refractivity contribution in [2.45, 2.75) is 20.0 Å². The second kappa shape index (κ2) is 11.3. The molecule has 1 saturated heterocycles. The number of nitrogens with one attached hydrogen (secondary N) is 1. The Labute approximate surface area is 164 Å². The number of rotatable bonds is 9. The fourth-order valence-electron chi connectivity index (χ4n) is 2.49. The van der Waals surface area contributed by atoms with E-state index in [4.69, 9.17) is 18.9 Å². The van der Waals surface area contributed by atoms with Gasteiger partial charge < -0.3 is 18.9 Å². The van der Waals surface area contributed by atoms with Crippen LogP contribution in [0.3, 0.4) is 0 Å². The summed E-state index contributed by atoms with van der Waals surface area (Å²) in [4.78, 5) is 25.5. The molecule has 9 nitrogen and oxygen atoms in total. The lowest BCUT2D eigenvalue weighted by atomic mass is 10.2. The van der Waals surface area contributed by atoms with Crippen molar-refractivity contribution in [2.75, 3.05) is 46.6 Å². The predicted octanol–water partition coefficient (Wildman–Crippen LogP) is 0.808. The van der Waals surface area contributed by atoms with Crippen LogP contribution >= 0.6 is 0 Å². The molecule has 0 unspecified atom stereocenters. The number of benzene rings is 1. The number of hydrogen-bond acceptors (Lipinski definition) is 8. The number of hydrazone groups is 1. The van der Waals surface area contributed by atoms with Gasteiger partial charge >= 0.3 is 5.97 Å². The molecule has 1 aliphatic heterocycles. The number of esters is 1. The number of carbonyl (C=O) groups is 2. The van der Waals surface area contributed by atoms with Crippen molar-refractivity contribution in [3.05, 3.63) is 23.8 Å². The van der Waals surface area contributed by atoms with Crippen molar-refractivity contribution in [1.82, 2.24) is 10.3 Å². The normalized spacial score (nSPS) is 14.9. The number of methoxy groups -OCH3 is 1. The summed E-state index contributed by atoms with van der Waals surface area (Å²) >= 11 is 0. The molecule has 1 heterocycles. The van der Waals surface area contributed by atoms with Crippen LogP contribution in [0.15, 0.2) is 23.3 Å². The smallest absolute Gasteiger partial charge is 0.344 e. The lowest BCUT2D eigenvalue weighted by molar-refractivity contribution is -0.149. The minimum Gasteiger partial charge on any atom is -0.493 e. The molecule has 1 amide bonds. The van der Waals surface area contributed by atoms with Gasteiger partial charge in [0.05, 0.1) is 39.2 Å². The standard InChI is InChI=1S/C19H27N3O6/c1-14(2)28-19(24)13-27-16-5-4-15(10-17(16)25-3)11-20-21-18(23)12-22-6-8-26-9-7-22/h4-5,10-11,14H,6-9,12-13H2,1-3H3,(H,21,23)/b20-11+. The van der Waals surface area contributed by atoms with E-state index in [9.17, 15) is 9.59 Å². The van der Waals surface area contributed by atoms with Crippen LogP contribution in [-0.4, -0.2) is 75.7 Å². The maximum atomic E-state index is 11.9. The van der Waals surface area contributed by atoms with E-state index in [1.54, 1.807) is 32.0 Å². The van der Waals surface area contributed by atoms with Crippen LogP contribution in [0.4, 0.5) is 0 Å². The zero-order valence-corrected chi connectivity index (χ0v) is 16.5. The van der Waals surface area contributed by atoms with Crippen molar-refractivity contribution in [3.63, 3.8) is 0 Å². The number of nitrogens with zero attached hydrogens (tertiary/aromatic N) is 2. The van der Waals surface area contributed by atoms with E-state index in [2.05, 4.69) is 10.5 Å². The van der Waals surface area contributed by atoms with Crippen LogP contribution in [0, 0.1) is 0 Å². The van der Waals surface area contributed by atoms with Crippen molar-refractivity contribution < 1.29 is 28.5 Å². The molecule has 154 valence electrons. The fraction of sp³-hybridized carbons (Fsp3) is 0.526. The molecule has 0 bridgehead atoms. The molecule has 28 heavy (non-hydrogen) atoms. The first kappa shape index (κ1) is 21.6. The Balaban J connectivity index is 1.85. The molecule has 1 N–H and O–H groups in total. The van der Waals surface area contributed by atoms with Crippen molar-refractivity contribution >= 4 is 18.1 Å². The van der Waals surface area contributed by atoms with Gasteiger partial charge in [-0.25, -0.2) is 10.2 Å². The molecule has 1 fully saturated rings. The van der Waals surface area contributed by atoms with Gasteiger partial charge in [0.25, 0.3) is 5.91 Å². The first-order valence-corrected chi connectivity index (χ1v) is 9.10. The molecule has 1 aliphatic rings. The average molecular weight is 393 g/mol. The molecular weight excluding hydrogens is 366 g/mol. The maximum Gasteiger partial charge on any atom is 0.344 e. The molecule has 0 saturated carbocycles. The Bertz CT molecular complexity index is 686. The van der Waals surface area contributed by atoms with Gasteiger partial charge in [-0.2, -0.15) is 5.10 Å². The van der Waals surface area contributed by atoms with E-state index in [1.165, 1.54) is 13.3 Å². The zero-order chi connectivity index (χ0) is 20.4. The minimum absolute atomic E-state index is 0.186. The molecule has 2 rings (SSSR count). The number of carbonyl (C=O) groups excluding carboxylic acids is 2. The molecule has 1 aromatic carbocycles. The van der Waals surface area contributed by atoms with Crippen LogP contribution < -0.4 is 14.9 Å². The summed E-state index contributed by atoms with van der Waals surface area (Å²) in [5, 5.41) is 3.97. The van der Waals surface area contributed by atoms with Crippen LogP contribution in [0.1, 0.15) is 19.4 Å². The zero-order valence-electron chi connectivity index (χ0n) is 16.5. The molecule has 1 aromatic rings. The van der Waals surface area contributed by atoms with Crippen LogP contribution in [0.25, 0.3) is 0 Å². The summed E-state index contributed by atoms with van der Waals surface area (Å²) in [6.07, 6.45) is 1.31. The Morgan fingerprint density at radius 2 is 2.04 bits per heavy atom. The van der Waals surface area contributed by atoms with E-state index >= 15 is 0 Å². The number of ether oxygens (including phenoxy) is 4. The molecule has 0 atom stereocenters. The van der Waals surface area contributed by atoms with Gasteiger partial charge in [-0.1, -0.05) is 0 Å². The third-order valence-corrected chi connectivity index (χ3v) is 3.77. The van der Waals surface area contributed by atoms with Gasteiger partial charge in [0.1, 0.15) is 0 Å². The van der Waals surface area contributed by atoms with Crippen LogP contribution in [0.5, 0.6) is 11.5 Å². The topological polar surface area (TPSA) is 98.7 Å². The van der Waals surface area contributed by atoms with Crippen molar-refractivity contribution in [2.24, 2.45) is 5.10 Å². The third kappa shape index (κ3) is 7.53. The van der Waals surface area contributed by atoms with E-state index in [1.807, 2.05) is 4.90 Å². The summed E-state index contributed by atoms with van der Waals surface area (Å²) < 4.78 is 21.0. The van der Waals surface area contributed by atoms with E-state index in [0.717, 1.165) is 13.1 Å². The van der Waals surface area contributed by atoms with Gasteiger partial charge in [-0.05, 0) is 37.6 Å². The highest BCUT2D eigenvalue weighted by molar-refractivity contribution is 5.84. The van der Waals surface area contributed by atoms with Crippen LogP contribution in [-0.2, 0) is 19.1 Å². The molecule has 0 aliphatic carbocycles. The summed E-state index contributed by atoms with van der Waals surface area (Å²) in [5.74, 6) is 0.219. The van der Waals surface area contributed by atoms with E-state index in [-0.39, 0.29) is 25.2 Å². The number of morpholine rings is 1. The Hall–Kier alpha value is -2.65. The molecular formula is C19H27N3O6. The predicted molar refractivity (Wildman–Crippen MR) is 103 cm³/mol. The van der Waals surface area contributed by atoms with Crippen molar-refractivity contribution in [3.8, 4) is 11.5 Å². The molecule has 9 heteroatoms. The highest BCUT2D eigenvalue weighted by atomic mass is 16.6. The largest absolute Gasteiger partial charge is 0.493 e. The SMILES string of the molecule is COc1cc(/C=N/NC(=O)CN2CCOCC2)ccc1OCC(=O)OC(C)C. The highest BCUT2D eigenvalue weighted by Gasteiger charge is 2.13. The average Bonchev–Trinajstić information content (AvgIpc) is 2.67. The Kier molecular flexibility index (Phi) is 8.70. The van der Waals surface area contributed by atoms with Gasteiger partial charge in [-0.3, -0.25) is 9.69 Å². The number of amides is 1. The molecule has 0 spiro atoms. The minimum atomic E-state index is -0.453. The van der Waals surface area contributed by atoms with E-state index in [0.29, 0.717) is 30.3 Å². The fourth-order valence-corrected chi connectivity index (χ4v) is 2.49. The Morgan fingerprint density at radius 1 is 1.29 bits per heavy atom.